The Labute approximate surface area is 234 Å². The number of anilines is 1. The van der Waals surface area contributed by atoms with E-state index >= 15 is 0 Å². The summed E-state index contributed by atoms with van der Waals surface area (Å²) in [6, 6.07) is 21.9. The van der Waals surface area contributed by atoms with Gasteiger partial charge < -0.3 is 5.32 Å². The van der Waals surface area contributed by atoms with Crippen LogP contribution in [0, 0.1) is 13.8 Å². The van der Waals surface area contributed by atoms with Crippen LogP contribution in [0.1, 0.15) is 78.8 Å². The third-order valence-corrected chi connectivity index (χ3v) is 7.25. The number of hydrazine groups is 1. The van der Waals surface area contributed by atoms with E-state index in [0.717, 1.165) is 11.1 Å². The molecule has 0 unspecified atom stereocenters. The molecule has 5 amide bonds. The molecule has 2 heterocycles. The molecule has 0 saturated heterocycles. The highest BCUT2D eigenvalue weighted by Gasteiger charge is 2.48. The Morgan fingerprint density at radius 1 is 0.537 bits per heavy atom. The molecular formula is C32H21N3O6. The fourth-order valence-electron chi connectivity index (χ4n) is 4.90. The third kappa shape index (κ3) is 4.11. The Morgan fingerprint density at radius 2 is 1.10 bits per heavy atom. The van der Waals surface area contributed by atoms with Crippen LogP contribution < -0.4 is 5.32 Å². The van der Waals surface area contributed by atoms with Crippen molar-refractivity contribution in [2.45, 2.75) is 13.8 Å². The minimum absolute atomic E-state index is 0.0379. The van der Waals surface area contributed by atoms with Gasteiger partial charge in [-0.05, 0) is 73.5 Å². The number of imide groups is 2. The second-order valence-electron chi connectivity index (χ2n) is 9.81. The topological polar surface area (TPSA) is 121 Å². The van der Waals surface area contributed by atoms with Crippen LogP contribution >= 0.6 is 0 Å². The molecule has 0 spiro atoms. The van der Waals surface area contributed by atoms with Crippen LogP contribution in [0.5, 0.6) is 0 Å². The van der Waals surface area contributed by atoms with Crippen molar-refractivity contribution in [3.8, 4) is 0 Å². The average molecular weight is 544 g/mol. The average Bonchev–Trinajstić information content (AvgIpc) is 3.37. The molecule has 0 bridgehead atoms. The summed E-state index contributed by atoms with van der Waals surface area (Å²) in [6.45, 7) is 3.89. The maximum Gasteiger partial charge on any atom is 0.281 e. The van der Waals surface area contributed by atoms with Crippen molar-refractivity contribution in [3.63, 3.8) is 0 Å². The summed E-state index contributed by atoms with van der Waals surface area (Å²) in [5.41, 5.74) is 3.44. The van der Waals surface area contributed by atoms with Crippen LogP contribution in [0.15, 0.2) is 84.9 Å². The first-order valence-electron chi connectivity index (χ1n) is 12.7. The standard InChI is InChI=1S/C32H21N3O6/c1-17-10-11-20(14-18(17)2)27(36)19-6-5-7-22(15-19)33-28(37)21-12-13-25-26(16-21)32(41)35(31(25)40)34-29(38)23-8-3-4-9-24(23)30(34)39/h3-16H,1-2H3,(H,33,37). The van der Waals surface area contributed by atoms with Crippen molar-refractivity contribution < 1.29 is 28.8 Å². The predicted molar refractivity (Wildman–Crippen MR) is 148 cm³/mol. The predicted octanol–water partition coefficient (Wildman–Crippen LogP) is 4.59. The SMILES string of the molecule is Cc1ccc(C(=O)c2cccc(NC(=O)c3ccc4c(c3)C(=O)N(N3C(=O)c5ccccc5C3=O)C4=O)c2)cc1C. The van der Waals surface area contributed by atoms with Gasteiger partial charge in [-0.2, -0.15) is 10.0 Å². The van der Waals surface area contributed by atoms with Gasteiger partial charge in [-0.1, -0.05) is 36.4 Å². The minimum Gasteiger partial charge on any atom is -0.322 e. The van der Waals surface area contributed by atoms with E-state index in [0.29, 0.717) is 26.8 Å². The van der Waals surface area contributed by atoms with Crippen molar-refractivity contribution in [2.75, 3.05) is 5.32 Å². The summed E-state index contributed by atoms with van der Waals surface area (Å²) in [5, 5.41) is 3.76. The van der Waals surface area contributed by atoms with Gasteiger partial charge in [0.1, 0.15) is 0 Å². The Balaban J connectivity index is 1.23. The molecule has 41 heavy (non-hydrogen) atoms. The summed E-state index contributed by atoms with van der Waals surface area (Å²) in [6.07, 6.45) is 0. The van der Waals surface area contributed by atoms with E-state index < -0.39 is 29.5 Å². The largest absolute Gasteiger partial charge is 0.322 e. The van der Waals surface area contributed by atoms with Crippen LogP contribution in [0.3, 0.4) is 0 Å². The van der Waals surface area contributed by atoms with Crippen molar-refractivity contribution in [1.29, 1.82) is 0 Å². The molecule has 0 saturated carbocycles. The Morgan fingerprint density at radius 3 is 1.73 bits per heavy atom. The van der Waals surface area contributed by atoms with Gasteiger partial charge >= 0.3 is 0 Å². The molecule has 2 aliphatic rings. The molecule has 0 aliphatic carbocycles. The van der Waals surface area contributed by atoms with Gasteiger partial charge in [-0.15, -0.1) is 0 Å². The Hall–Kier alpha value is -5.70. The van der Waals surface area contributed by atoms with Crippen molar-refractivity contribution >= 4 is 41.0 Å². The number of fused-ring (bicyclic) bond motifs is 2. The Kier molecular flexibility index (Phi) is 5.92. The number of carbonyl (C=O) groups excluding carboxylic acids is 6. The number of ketones is 1. The number of carbonyl (C=O) groups is 6. The number of benzene rings is 4. The third-order valence-electron chi connectivity index (χ3n) is 7.25. The summed E-state index contributed by atoms with van der Waals surface area (Å²) >= 11 is 0. The molecule has 9 heteroatoms. The highest BCUT2D eigenvalue weighted by atomic mass is 16.2. The quantitative estimate of drug-likeness (QED) is 0.290. The molecule has 4 aromatic carbocycles. The molecule has 4 aromatic rings. The van der Waals surface area contributed by atoms with Crippen LogP contribution in [-0.4, -0.2) is 45.3 Å². The normalized spacial score (nSPS) is 13.9. The second-order valence-corrected chi connectivity index (χ2v) is 9.81. The molecule has 2 aliphatic heterocycles. The van der Waals surface area contributed by atoms with Gasteiger partial charge in [0.25, 0.3) is 29.5 Å². The van der Waals surface area contributed by atoms with Gasteiger partial charge in [0.05, 0.1) is 22.3 Å². The molecule has 0 radical (unpaired) electrons. The van der Waals surface area contributed by atoms with Gasteiger partial charge in [-0.25, -0.2) is 0 Å². The summed E-state index contributed by atoms with van der Waals surface area (Å²) < 4.78 is 0. The lowest BCUT2D eigenvalue weighted by molar-refractivity contribution is 0.00845. The van der Waals surface area contributed by atoms with Crippen LogP contribution in [0.2, 0.25) is 0 Å². The maximum atomic E-state index is 13.3. The molecule has 9 nitrogen and oxygen atoms in total. The van der Waals surface area contributed by atoms with E-state index in [1.54, 1.807) is 42.5 Å². The molecule has 200 valence electrons. The Bertz CT molecular complexity index is 1840. The fourth-order valence-corrected chi connectivity index (χ4v) is 4.90. The molecule has 0 fully saturated rings. The number of aryl methyl sites for hydroxylation is 2. The van der Waals surface area contributed by atoms with E-state index in [9.17, 15) is 28.8 Å². The first-order valence-corrected chi connectivity index (χ1v) is 12.7. The first-order chi connectivity index (χ1) is 19.7. The lowest BCUT2D eigenvalue weighted by atomic mass is 9.99. The number of amides is 5. The van der Waals surface area contributed by atoms with Crippen LogP contribution in [0.25, 0.3) is 0 Å². The van der Waals surface area contributed by atoms with Crippen LogP contribution in [-0.2, 0) is 0 Å². The molecular weight excluding hydrogens is 522 g/mol. The van der Waals surface area contributed by atoms with Gasteiger partial charge in [0.15, 0.2) is 5.78 Å². The molecule has 0 atom stereocenters. The van der Waals surface area contributed by atoms with E-state index in [1.165, 1.54) is 30.3 Å². The smallest absolute Gasteiger partial charge is 0.281 e. The summed E-state index contributed by atoms with van der Waals surface area (Å²) in [7, 11) is 0. The lowest BCUT2D eigenvalue weighted by Gasteiger charge is -2.23. The van der Waals surface area contributed by atoms with Gasteiger partial charge in [0, 0.05) is 22.4 Å². The first kappa shape index (κ1) is 25.6. The van der Waals surface area contributed by atoms with E-state index in [1.807, 2.05) is 26.0 Å². The maximum absolute atomic E-state index is 13.3. The lowest BCUT2D eigenvalue weighted by Crippen LogP contribution is -2.49. The fraction of sp³-hybridized carbons (Fsp3) is 0.0625. The van der Waals surface area contributed by atoms with E-state index in [2.05, 4.69) is 5.32 Å². The van der Waals surface area contributed by atoms with Gasteiger partial charge in [0.2, 0.25) is 0 Å². The minimum atomic E-state index is -0.893. The zero-order valence-electron chi connectivity index (χ0n) is 21.9. The van der Waals surface area contributed by atoms with Crippen molar-refractivity contribution in [1.82, 2.24) is 10.0 Å². The van der Waals surface area contributed by atoms with E-state index in [4.69, 9.17) is 0 Å². The number of nitrogens with one attached hydrogen (secondary N) is 1. The number of nitrogens with zero attached hydrogens (tertiary/aromatic N) is 2. The highest BCUT2D eigenvalue weighted by molar-refractivity contribution is 6.28. The van der Waals surface area contributed by atoms with Crippen LogP contribution in [0.4, 0.5) is 5.69 Å². The molecule has 0 aromatic heterocycles. The number of hydrogen-bond acceptors (Lipinski definition) is 6. The second kappa shape index (κ2) is 9.49. The highest BCUT2D eigenvalue weighted by Crippen LogP contribution is 2.31. The zero-order chi connectivity index (χ0) is 29.0. The molecule has 6 rings (SSSR count). The van der Waals surface area contributed by atoms with Crippen molar-refractivity contribution in [2.24, 2.45) is 0 Å². The monoisotopic (exact) mass is 543 g/mol. The number of hydrogen-bond donors (Lipinski definition) is 1. The zero-order valence-corrected chi connectivity index (χ0v) is 21.9. The van der Waals surface area contributed by atoms with E-state index in [-0.39, 0.29) is 33.6 Å². The number of rotatable bonds is 5. The summed E-state index contributed by atoms with van der Waals surface area (Å²) in [5.74, 6) is -4.08. The summed E-state index contributed by atoms with van der Waals surface area (Å²) in [4.78, 5) is 78.3. The van der Waals surface area contributed by atoms with Gasteiger partial charge in [-0.3, -0.25) is 28.8 Å². The van der Waals surface area contributed by atoms with Crippen molar-refractivity contribution in [3.05, 3.63) is 135 Å². The molecule has 1 N–H and O–H groups in total.